The van der Waals surface area contributed by atoms with Gasteiger partial charge >= 0.3 is 11.9 Å². The van der Waals surface area contributed by atoms with Crippen molar-refractivity contribution in [2.75, 3.05) is 11.9 Å². The Bertz CT molecular complexity index is 795. The topological polar surface area (TPSA) is 188 Å². The molecule has 0 aromatic heterocycles. The second-order valence-electron chi connectivity index (χ2n) is 6.96. The van der Waals surface area contributed by atoms with Crippen LogP contribution < -0.4 is 21.7 Å². The van der Waals surface area contributed by atoms with E-state index in [0.29, 0.717) is 30.6 Å². The molecule has 170 valence electrons. The molecule has 2 atom stereocenters. The Hall–Kier alpha value is -3.47. The molecule has 0 spiro atoms. The Morgan fingerprint density at radius 2 is 1.61 bits per heavy atom. The fraction of sp³-hybridized carbons (Fsp3) is 0.450. The van der Waals surface area contributed by atoms with Gasteiger partial charge in [-0.1, -0.05) is 12.1 Å². The van der Waals surface area contributed by atoms with Crippen LogP contribution in [0.1, 0.15) is 38.2 Å². The molecule has 0 heterocycles. The highest BCUT2D eigenvalue weighted by Crippen LogP contribution is 2.12. The molecule has 0 saturated carbocycles. The lowest BCUT2D eigenvalue weighted by Gasteiger charge is -2.17. The van der Waals surface area contributed by atoms with Gasteiger partial charge in [0.15, 0.2) is 0 Å². The molecule has 0 saturated heterocycles. The van der Waals surface area contributed by atoms with Gasteiger partial charge in [0.25, 0.3) is 0 Å². The summed E-state index contributed by atoms with van der Waals surface area (Å²) in [6.45, 7) is 1.82. The average molecular weight is 436 g/mol. The van der Waals surface area contributed by atoms with Crippen LogP contribution in [0.2, 0.25) is 0 Å². The lowest BCUT2D eigenvalue weighted by Crippen LogP contribution is -2.43. The van der Waals surface area contributed by atoms with Crippen molar-refractivity contribution < 1.29 is 34.2 Å². The van der Waals surface area contributed by atoms with Crippen molar-refractivity contribution in [3.63, 3.8) is 0 Å². The summed E-state index contributed by atoms with van der Waals surface area (Å²) in [6.07, 6.45) is 0.970. The summed E-state index contributed by atoms with van der Waals surface area (Å²) >= 11 is 0. The summed E-state index contributed by atoms with van der Waals surface area (Å²) in [4.78, 5) is 57.5. The third kappa shape index (κ3) is 10.2. The fourth-order valence-electron chi connectivity index (χ4n) is 2.75. The van der Waals surface area contributed by atoms with Gasteiger partial charge < -0.3 is 31.9 Å². The van der Waals surface area contributed by atoms with Gasteiger partial charge in [-0.3, -0.25) is 19.2 Å². The van der Waals surface area contributed by atoms with E-state index >= 15 is 0 Å². The molecule has 11 nitrogen and oxygen atoms in total. The van der Waals surface area contributed by atoms with Gasteiger partial charge in [-0.05, 0) is 43.5 Å². The standard InChI is InChI=1S/C20H28N4O7/c1-12(25)22-15(4-2-3-9-21)19(29)23-14-7-5-13(6-8-14)10-17(26)24-16(20(30)31)11-18(27)28/h5-8,15-16H,2-4,9-11,21H2,1H3,(H,22,25)(H,23,29)(H,24,26)(H,27,28)(H,30,31)/t15?,16-/m0/s1. The molecule has 11 heteroatoms. The fourth-order valence-corrected chi connectivity index (χ4v) is 2.75. The number of carbonyl (C=O) groups is 5. The summed E-state index contributed by atoms with van der Waals surface area (Å²) < 4.78 is 0. The number of hydrogen-bond acceptors (Lipinski definition) is 6. The Labute approximate surface area is 179 Å². The molecular formula is C20H28N4O7. The molecule has 1 rings (SSSR count). The van der Waals surface area contributed by atoms with Crippen LogP contribution in [-0.2, 0) is 30.4 Å². The van der Waals surface area contributed by atoms with Crippen molar-refractivity contribution in [1.82, 2.24) is 10.6 Å². The molecular weight excluding hydrogens is 408 g/mol. The Kier molecular flexibility index (Phi) is 10.7. The first-order valence-electron chi connectivity index (χ1n) is 9.73. The summed E-state index contributed by atoms with van der Waals surface area (Å²) in [5.74, 6) is -4.12. The maximum absolute atomic E-state index is 12.5. The first-order valence-corrected chi connectivity index (χ1v) is 9.73. The molecule has 0 radical (unpaired) electrons. The van der Waals surface area contributed by atoms with Crippen LogP contribution in [0.3, 0.4) is 0 Å². The van der Waals surface area contributed by atoms with E-state index in [0.717, 1.165) is 6.42 Å². The maximum Gasteiger partial charge on any atom is 0.326 e. The van der Waals surface area contributed by atoms with E-state index in [1.54, 1.807) is 24.3 Å². The number of hydrogen-bond donors (Lipinski definition) is 6. The zero-order chi connectivity index (χ0) is 23.4. The summed E-state index contributed by atoms with van der Waals surface area (Å²) in [5, 5.41) is 25.1. The van der Waals surface area contributed by atoms with Crippen LogP contribution in [0.15, 0.2) is 24.3 Å². The SMILES string of the molecule is CC(=O)NC(CCCCN)C(=O)Nc1ccc(CC(=O)N[C@@H](CC(=O)O)C(=O)O)cc1. The van der Waals surface area contributed by atoms with Crippen LogP contribution in [-0.4, -0.2) is 58.5 Å². The molecule has 7 N–H and O–H groups in total. The quantitative estimate of drug-likeness (QED) is 0.230. The lowest BCUT2D eigenvalue weighted by molar-refractivity contribution is -0.147. The van der Waals surface area contributed by atoms with Gasteiger partial charge in [0.05, 0.1) is 12.8 Å². The van der Waals surface area contributed by atoms with Crippen molar-refractivity contribution in [2.24, 2.45) is 5.73 Å². The van der Waals surface area contributed by atoms with Gasteiger partial charge in [0.1, 0.15) is 12.1 Å². The normalized spacial score (nSPS) is 12.3. The summed E-state index contributed by atoms with van der Waals surface area (Å²) in [6, 6.07) is 4.06. The van der Waals surface area contributed by atoms with Gasteiger partial charge in [-0.15, -0.1) is 0 Å². The van der Waals surface area contributed by atoms with Crippen LogP contribution in [0.25, 0.3) is 0 Å². The average Bonchev–Trinajstić information content (AvgIpc) is 2.67. The summed E-state index contributed by atoms with van der Waals surface area (Å²) in [7, 11) is 0. The number of unbranched alkanes of at least 4 members (excludes halogenated alkanes) is 1. The number of carboxylic acids is 2. The number of amides is 3. The summed E-state index contributed by atoms with van der Waals surface area (Å²) in [5.41, 5.74) is 6.45. The maximum atomic E-state index is 12.5. The first-order chi connectivity index (χ1) is 14.6. The number of anilines is 1. The van der Waals surface area contributed by atoms with E-state index < -0.39 is 36.4 Å². The van der Waals surface area contributed by atoms with Crippen molar-refractivity contribution in [3.8, 4) is 0 Å². The molecule has 0 bridgehead atoms. The Morgan fingerprint density at radius 1 is 0.968 bits per heavy atom. The van der Waals surface area contributed by atoms with Gasteiger partial charge in [-0.2, -0.15) is 0 Å². The number of carbonyl (C=O) groups excluding carboxylic acids is 3. The smallest absolute Gasteiger partial charge is 0.326 e. The monoisotopic (exact) mass is 436 g/mol. The van der Waals surface area contributed by atoms with Crippen molar-refractivity contribution in [1.29, 1.82) is 0 Å². The van der Waals surface area contributed by atoms with E-state index in [1.165, 1.54) is 6.92 Å². The van der Waals surface area contributed by atoms with Crippen molar-refractivity contribution in [3.05, 3.63) is 29.8 Å². The van der Waals surface area contributed by atoms with Crippen molar-refractivity contribution in [2.45, 2.75) is 51.1 Å². The van der Waals surface area contributed by atoms with Gasteiger partial charge in [0, 0.05) is 12.6 Å². The highest BCUT2D eigenvalue weighted by molar-refractivity contribution is 5.97. The molecule has 0 aliphatic heterocycles. The Morgan fingerprint density at radius 3 is 2.13 bits per heavy atom. The van der Waals surface area contributed by atoms with Gasteiger partial charge in [0.2, 0.25) is 17.7 Å². The minimum atomic E-state index is -1.52. The molecule has 0 aliphatic carbocycles. The predicted octanol–water partition coefficient (Wildman–Crippen LogP) is -0.155. The predicted molar refractivity (Wildman–Crippen MR) is 111 cm³/mol. The molecule has 1 unspecified atom stereocenters. The molecule has 31 heavy (non-hydrogen) atoms. The number of aliphatic carboxylic acids is 2. The van der Waals surface area contributed by atoms with Crippen LogP contribution in [0, 0.1) is 0 Å². The number of rotatable bonds is 13. The van der Waals surface area contributed by atoms with Crippen LogP contribution in [0.5, 0.6) is 0 Å². The molecule has 0 aliphatic rings. The second-order valence-corrected chi connectivity index (χ2v) is 6.96. The lowest BCUT2D eigenvalue weighted by atomic mass is 10.1. The van der Waals surface area contributed by atoms with E-state index in [9.17, 15) is 24.0 Å². The number of benzene rings is 1. The number of nitrogens with one attached hydrogen (secondary N) is 3. The zero-order valence-electron chi connectivity index (χ0n) is 17.2. The van der Waals surface area contributed by atoms with E-state index in [2.05, 4.69) is 16.0 Å². The largest absolute Gasteiger partial charge is 0.481 e. The van der Waals surface area contributed by atoms with E-state index in [1.807, 2.05) is 0 Å². The van der Waals surface area contributed by atoms with Crippen LogP contribution in [0.4, 0.5) is 5.69 Å². The third-order valence-corrected chi connectivity index (χ3v) is 4.24. The minimum absolute atomic E-state index is 0.161. The zero-order valence-corrected chi connectivity index (χ0v) is 17.2. The second kappa shape index (κ2) is 13.0. The van der Waals surface area contributed by atoms with E-state index in [4.69, 9.17) is 15.9 Å². The van der Waals surface area contributed by atoms with Gasteiger partial charge in [-0.25, -0.2) is 4.79 Å². The molecule has 1 aromatic rings. The number of nitrogens with two attached hydrogens (primary N) is 1. The van der Waals surface area contributed by atoms with Crippen molar-refractivity contribution >= 4 is 35.3 Å². The minimum Gasteiger partial charge on any atom is -0.481 e. The Balaban J connectivity index is 2.67. The highest BCUT2D eigenvalue weighted by Gasteiger charge is 2.23. The van der Waals surface area contributed by atoms with E-state index in [-0.39, 0.29) is 18.2 Å². The first kappa shape index (κ1) is 25.6. The third-order valence-electron chi connectivity index (χ3n) is 4.24. The highest BCUT2D eigenvalue weighted by atomic mass is 16.4. The van der Waals surface area contributed by atoms with Crippen LogP contribution >= 0.6 is 0 Å². The number of carboxylic acid groups (broad SMARTS) is 2. The molecule has 0 fully saturated rings. The molecule has 3 amide bonds. The molecule has 1 aromatic carbocycles.